The quantitative estimate of drug-likeness (QED) is 0.475. The van der Waals surface area contributed by atoms with E-state index in [0.29, 0.717) is 37.6 Å². The van der Waals surface area contributed by atoms with Crippen LogP contribution in [0, 0.1) is 0 Å². The molecule has 1 aromatic rings. The molecule has 7 nitrogen and oxygen atoms in total. The zero-order valence-electron chi connectivity index (χ0n) is 13.6. The summed E-state index contributed by atoms with van der Waals surface area (Å²) in [6, 6.07) is 7.07. The van der Waals surface area contributed by atoms with Crippen molar-refractivity contribution in [3.63, 3.8) is 0 Å². The summed E-state index contributed by atoms with van der Waals surface area (Å²) in [4.78, 5) is 22.0. The highest BCUT2D eigenvalue weighted by Gasteiger charge is 1.99. The van der Waals surface area contributed by atoms with E-state index in [1.807, 2.05) is 0 Å². The molecule has 23 heavy (non-hydrogen) atoms. The molecule has 0 unspecified atom stereocenters. The number of hydrogen-bond donors (Lipinski definition) is 2. The summed E-state index contributed by atoms with van der Waals surface area (Å²) in [5, 5.41) is 5.23. The molecule has 0 aliphatic rings. The Kier molecular flexibility index (Phi) is 9.23. The van der Waals surface area contributed by atoms with Crippen LogP contribution >= 0.6 is 0 Å². The van der Waals surface area contributed by atoms with E-state index in [9.17, 15) is 9.59 Å². The molecular formula is C16H24N2O5. The lowest BCUT2D eigenvalue weighted by Gasteiger charge is -2.10. The maximum absolute atomic E-state index is 11.1. The van der Waals surface area contributed by atoms with Crippen LogP contribution in [-0.2, 0) is 14.3 Å². The molecule has 0 aliphatic heterocycles. The van der Waals surface area contributed by atoms with Gasteiger partial charge < -0.3 is 24.8 Å². The molecule has 0 fully saturated rings. The molecule has 0 aliphatic carbocycles. The lowest BCUT2D eigenvalue weighted by Crippen LogP contribution is -2.26. The van der Waals surface area contributed by atoms with E-state index in [2.05, 4.69) is 10.6 Å². The average molecular weight is 324 g/mol. The van der Waals surface area contributed by atoms with Gasteiger partial charge in [0.1, 0.15) is 24.8 Å². The van der Waals surface area contributed by atoms with Gasteiger partial charge in [0.2, 0.25) is 11.8 Å². The Balaban J connectivity index is 2.14. The van der Waals surface area contributed by atoms with Gasteiger partial charge in [-0.25, -0.2) is 0 Å². The zero-order valence-corrected chi connectivity index (χ0v) is 13.6. The monoisotopic (exact) mass is 324 g/mol. The van der Waals surface area contributed by atoms with E-state index in [-0.39, 0.29) is 25.3 Å². The van der Waals surface area contributed by atoms with Crippen molar-refractivity contribution in [2.24, 2.45) is 0 Å². The predicted molar refractivity (Wildman–Crippen MR) is 85.1 cm³/mol. The second kappa shape index (κ2) is 11.3. The highest BCUT2D eigenvalue weighted by Crippen LogP contribution is 2.17. The summed E-state index contributed by atoms with van der Waals surface area (Å²) in [6.07, 6.45) is 0.872. The zero-order chi connectivity index (χ0) is 16.9. The largest absolute Gasteiger partial charge is 0.491 e. The highest BCUT2D eigenvalue weighted by molar-refractivity contribution is 5.75. The molecule has 0 aromatic heterocycles. The first-order valence-corrected chi connectivity index (χ1v) is 7.62. The van der Waals surface area contributed by atoms with Gasteiger partial charge in [0.05, 0.1) is 6.61 Å². The molecule has 0 atom stereocenters. The Morgan fingerprint density at radius 3 is 1.91 bits per heavy atom. The minimum atomic E-state index is -0.0555. The first kappa shape index (κ1) is 18.8. The van der Waals surface area contributed by atoms with Gasteiger partial charge in [-0.1, -0.05) is 13.8 Å². The number of carbonyl (C=O) groups is 2. The molecule has 0 bridgehead atoms. The van der Waals surface area contributed by atoms with Crippen molar-refractivity contribution in [2.75, 3.05) is 26.7 Å². The molecule has 1 rings (SSSR count). The fourth-order valence-corrected chi connectivity index (χ4v) is 1.50. The molecule has 0 radical (unpaired) electrons. The Morgan fingerprint density at radius 1 is 0.826 bits per heavy atom. The van der Waals surface area contributed by atoms with Crippen molar-refractivity contribution in [1.82, 2.24) is 10.6 Å². The molecule has 1 aromatic carbocycles. The van der Waals surface area contributed by atoms with E-state index in [4.69, 9.17) is 14.2 Å². The lowest BCUT2D eigenvalue weighted by molar-refractivity contribution is -0.123. The van der Waals surface area contributed by atoms with Crippen molar-refractivity contribution in [1.29, 1.82) is 0 Å². The Bertz CT molecular complexity index is 476. The molecule has 128 valence electrons. The van der Waals surface area contributed by atoms with Gasteiger partial charge in [-0.05, 0) is 24.3 Å². The molecule has 2 N–H and O–H groups in total. The molecule has 0 heterocycles. The van der Waals surface area contributed by atoms with Crippen molar-refractivity contribution in [3.05, 3.63) is 24.3 Å². The molecular weight excluding hydrogens is 300 g/mol. The van der Waals surface area contributed by atoms with Crippen molar-refractivity contribution < 1.29 is 23.8 Å². The SMILES string of the molecule is CCC(=O)NCOCCOc1ccc(OCNC(=O)CC)cc1. The third-order valence-corrected chi connectivity index (χ3v) is 2.84. The van der Waals surface area contributed by atoms with Crippen LogP contribution in [0.4, 0.5) is 0 Å². The Morgan fingerprint density at radius 2 is 1.35 bits per heavy atom. The van der Waals surface area contributed by atoms with Gasteiger partial charge in [-0.15, -0.1) is 0 Å². The van der Waals surface area contributed by atoms with E-state index in [1.54, 1.807) is 38.1 Å². The van der Waals surface area contributed by atoms with Gasteiger partial charge in [-0.3, -0.25) is 9.59 Å². The fraction of sp³-hybridized carbons (Fsp3) is 0.500. The van der Waals surface area contributed by atoms with Crippen LogP contribution in [0.25, 0.3) is 0 Å². The van der Waals surface area contributed by atoms with Crippen molar-refractivity contribution in [2.45, 2.75) is 26.7 Å². The lowest BCUT2D eigenvalue weighted by atomic mass is 10.3. The maximum atomic E-state index is 11.1. The van der Waals surface area contributed by atoms with Crippen molar-refractivity contribution in [3.8, 4) is 11.5 Å². The average Bonchev–Trinajstić information content (AvgIpc) is 2.58. The first-order valence-electron chi connectivity index (χ1n) is 7.62. The minimum Gasteiger partial charge on any atom is -0.491 e. The summed E-state index contributed by atoms with van der Waals surface area (Å²) in [5.74, 6) is 1.24. The summed E-state index contributed by atoms with van der Waals surface area (Å²) in [6.45, 7) is 4.66. The second-order valence-corrected chi connectivity index (χ2v) is 4.57. The number of ether oxygens (including phenoxy) is 3. The normalized spacial score (nSPS) is 10.0. The smallest absolute Gasteiger partial charge is 0.222 e. The third kappa shape index (κ3) is 8.67. The van der Waals surface area contributed by atoms with Crippen LogP contribution in [0.3, 0.4) is 0 Å². The number of nitrogens with one attached hydrogen (secondary N) is 2. The van der Waals surface area contributed by atoms with Crippen LogP contribution in [0.1, 0.15) is 26.7 Å². The highest BCUT2D eigenvalue weighted by atomic mass is 16.5. The van der Waals surface area contributed by atoms with Gasteiger partial charge in [-0.2, -0.15) is 0 Å². The fourth-order valence-electron chi connectivity index (χ4n) is 1.50. The predicted octanol–water partition coefficient (Wildman–Crippen LogP) is 1.43. The summed E-state index contributed by atoms with van der Waals surface area (Å²) < 4.78 is 16.1. The third-order valence-electron chi connectivity index (χ3n) is 2.84. The molecule has 0 spiro atoms. The molecule has 0 saturated carbocycles. The number of benzene rings is 1. The van der Waals surface area contributed by atoms with Crippen LogP contribution in [-0.4, -0.2) is 38.5 Å². The van der Waals surface area contributed by atoms with Crippen LogP contribution in [0.5, 0.6) is 11.5 Å². The molecule has 7 heteroatoms. The minimum absolute atomic E-state index is 0.0448. The maximum Gasteiger partial charge on any atom is 0.222 e. The van der Waals surface area contributed by atoms with Gasteiger partial charge in [0.25, 0.3) is 0 Å². The Labute approximate surface area is 136 Å². The number of amides is 2. The van der Waals surface area contributed by atoms with Crippen LogP contribution in [0.15, 0.2) is 24.3 Å². The molecule has 2 amide bonds. The van der Waals surface area contributed by atoms with Gasteiger partial charge in [0.15, 0.2) is 6.73 Å². The van der Waals surface area contributed by atoms with Crippen LogP contribution in [0.2, 0.25) is 0 Å². The summed E-state index contributed by atoms with van der Waals surface area (Å²) >= 11 is 0. The standard InChI is InChI=1S/C16H24N2O5/c1-3-15(19)17-11-21-9-10-22-13-5-7-14(8-6-13)23-12-18-16(20)4-2/h5-8H,3-4,9-12H2,1-2H3,(H,17,19)(H,18,20). The van der Waals surface area contributed by atoms with E-state index < -0.39 is 0 Å². The first-order chi connectivity index (χ1) is 11.2. The topological polar surface area (TPSA) is 85.9 Å². The van der Waals surface area contributed by atoms with E-state index >= 15 is 0 Å². The summed E-state index contributed by atoms with van der Waals surface area (Å²) in [7, 11) is 0. The Hall–Kier alpha value is -2.28. The van der Waals surface area contributed by atoms with Gasteiger partial charge in [0, 0.05) is 12.8 Å². The number of carbonyl (C=O) groups excluding carboxylic acids is 2. The second-order valence-electron chi connectivity index (χ2n) is 4.57. The summed E-state index contributed by atoms with van der Waals surface area (Å²) in [5.41, 5.74) is 0. The van der Waals surface area contributed by atoms with Crippen molar-refractivity contribution >= 4 is 11.8 Å². The molecule has 0 saturated heterocycles. The van der Waals surface area contributed by atoms with E-state index in [0.717, 1.165) is 0 Å². The number of rotatable bonds is 11. The van der Waals surface area contributed by atoms with E-state index in [1.165, 1.54) is 0 Å². The van der Waals surface area contributed by atoms with Crippen LogP contribution < -0.4 is 20.1 Å². The van der Waals surface area contributed by atoms with Gasteiger partial charge >= 0.3 is 0 Å². The number of hydrogen-bond acceptors (Lipinski definition) is 5.